The number of rotatable bonds is 4. The SMILES string of the molecule is CSc1ccc(C(=O)NCc2cc(Br)cc3c2OCC3)o1. The Labute approximate surface area is 135 Å². The average molecular weight is 368 g/mol. The van der Waals surface area contributed by atoms with E-state index in [4.69, 9.17) is 9.15 Å². The van der Waals surface area contributed by atoms with Gasteiger partial charge in [0.15, 0.2) is 10.9 Å². The summed E-state index contributed by atoms with van der Waals surface area (Å²) in [5, 5.41) is 3.60. The van der Waals surface area contributed by atoms with Crippen LogP contribution in [0.25, 0.3) is 0 Å². The Hall–Kier alpha value is -1.40. The van der Waals surface area contributed by atoms with Gasteiger partial charge in [0.25, 0.3) is 5.91 Å². The molecule has 0 fully saturated rings. The van der Waals surface area contributed by atoms with Crippen molar-refractivity contribution in [3.8, 4) is 5.75 Å². The maximum absolute atomic E-state index is 12.1. The second-order valence-corrected chi connectivity index (χ2v) is 6.38. The van der Waals surface area contributed by atoms with E-state index in [9.17, 15) is 4.79 Å². The molecule has 0 spiro atoms. The van der Waals surface area contributed by atoms with Crippen LogP contribution in [0.3, 0.4) is 0 Å². The topological polar surface area (TPSA) is 51.5 Å². The number of carbonyl (C=O) groups is 1. The molecule has 1 amide bonds. The molecular formula is C15H14BrNO3S. The Bertz CT molecular complexity index is 684. The van der Waals surface area contributed by atoms with E-state index in [2.05, 4.69) is 27.3 Å². The fourth-order valence-electron chi connectivity index (χ4n) is 2.29. The molecule has 0 saturated carbocycles. The predicted molar refractivity (Wildman–Crippen MR) is 85.0 cm³/mol. The van der Waals surface area contributed by atoms with Crippen molar-refractivity contribution in [2.45, 2.75) is 18.1 Å². The molecule has 0 saturated heterocycles. The molecule has 6 heteroatoms. The second-order valence-electron chi connectivity index (χ2n) is 4.66. The number of furan rings is 1. The number of halogens is 1. The summed E-state index contributed by atoms with van der Waals surface area (Å²) in [5.41, 5.74) is 2.15. The predicted octanol–water partition coefficient (Wildman–Crippen LogP) is 3.63. The largest absolute Gasteiger partial charge is 0.493 e. The van der Waals surface area contributed by atoms with Gasteiger partial charge in [0.05, 0.1) is 6.61 Å². The van der Waals surface area contributed by atoms with Crippen molar-refractivity contribution in [2.75, 3.05) is 12.9 Å². The van der Waals surface area contributed by atoms with Gasteiger partial charge in [-0.15, -0.1) is 0 Å². The Morgan fingerprint density at radius 3 is 3.05 bits per heavy atom. The first-order valence-corrected chi connectivity index (χ1v) is 8.55. The van der Waals surface area contributed by atoms with E-state index in [-0.39, 0.29) is 5.91 Å². The number of fused-ring (bicyclic) bond motifs is 1. The van der Waals surface area contributed by atoms with E-state index in [0.717, 1.165) is 27.3 Å². The Morgan fingerprint density at radius 1 is 1.43 bits per heavy atom. The van der Waals surface area contributed by atoms with E-state index in [1.54, 1.807) is 12.1 Å². The lowest BCUT2D eigenvalue weighted by atomic mass is 10.1. The number of hydrogen-bond donors (Lipinski definition) is 1. The van der Waals surface area contributed by atoms with Gasteiger partial charge in [-0.1, -0.05) is 27.7 Å². The summed E-state index contributed by atoms with van der Waals surface area (Å²) in [5.74, 6) is 0.997. The standard InChI is InChI=1S/C15H14BrNO3S/c1-21-13-3-2-12(20-13)15(18)17-8-10-7-11(16)6-9-4-5-19-14(9)10/h2-3,6-7H,4-5,8H2,1H3,(H,17,18). The quantitative estimate of drug-likeness (QED) is 0.838. The smallest absolute Gasteiger partial charge is 0.287 e. The number of amides is 1. The number of hydrogen-bond acceptors (Lipinski definition) is 4. The molecule has 1 aliphatic heterocycles. The fourth-order valence-corrected chi connectivity index (χ4v) is 3.22. The van der Waals surface area contributed by atoms with Crippen LogP contribution in [0.5, 0.6) is 5.75 Å². The molecule has 0 unspecified atom stereocenters. The summed E-state index contributed by atoms with van der Waals surface area (Å²) in [7, 11) is 0. The minimum Gasteiger partial charge on any atom is -0.493 e. The van der Waals surface area contributed by atoms with Crippen LogP contribution in [0.2, 0.25) is 0 Å². The number of ether oxygens (including phenoxy) is 1. The first-order chi connectivity index (χ1) is 10.2. The van der Waals surface area contributed by atoms with E-state index < -0.39 is 0 Å². The van der Waals surface area contributed by atoms with Crippen molar-refractivity contribution < 1.29 is 13.9 Å². The molecule has 1 N–H and O–H groups in total. The van der Waals surface area contributed by atoms with E-state index in [0.29, 0.717) is 18.9 Å². The highest BCUT2D eigenvalue weighted by Crippen LogP contribution is 2.32. The van der Waals surface area contributed by atoms with Crippen LogP contribution in [0.4, 0.5) is 0 Å². The molecule has 1 aliphatic rings. The van der Waals surface area contributed by atoms with Gasteiger partial charge in [0.1, 0.15) is 5.75 Å². The van der Waals surface area contributed by atoms with Gasteiger partial charge in [-0.05, 0) is 36.1 Å². The highest BCUT2D eigenvalue weighted by molar-refractivity contribution is 9.10. The van der Waals surface area contributed by atoms with Crippen molar-refractivity contribution in [3.05, 3.63) is 45.6 Å². The third-order valence-electron chi connectivity index (χ3n) is 3.27. The molecule has 0 atom stereocenters. The van der Waals surface area contributed by atoms with Gasteiger partial charge in [0, 0.05) is 23.0 Å². The first-order valence-electron chi connectivity index (χ1n) is 6.53. The zero-order chi connectivity index (χ0) is 14.8. The zero-order valence-electron chi connectivity index (χ0n) is 11.4. The lowest BCUT2D eigenvalue weighted by Crippen LogP contribution is -2.22. The summed E-state index contributed by atoms with van der Waals surface area (Å²) in [4.78, 5) is 12.1. The monoisotopic (exact) mass is 367 g/mol. The third-order valence-corrected chi connectivity index (χ3v) is 4.35. The summed E-state index contributed by atoms with van der Waals surface area (Å²) >= 11 is 4.96. The Balaban J connectivity index is 1.72. The Morgan fingerprint density at radius 2 is 2.29 bits per heavy atom. The van der Waals surface area contributed by atoms with Crippen LogP contribution in [0.15, 0.2) is 38.2 Å². The van der Waals surface area contributed by atoms with Crippen molar-refractivity contribution in [3.63, 3.8) is 0 Å². The van der Waals surface area contributed by atoms with Crippen molar-refractivity contribution in [1.29, 1.82) is 0 Å². The molecule has 21 heavy (non-hydrogen) atoms. The molecule has 4 nitrogen and oxygen atoms in total. The molecule has 110 valence electrons. The van der Waals surface area contributed by atoms with Crippen LogP contribution in [0, 0.1) is 0 Å². The minimum absolute atomic E-state index is 0.220. The van der Waals surface area contributed by atoms with Crippen LogP contribution in [-0.2, 0) is 13.0 Å². The second kappa shape index (κ2) is 6.15. The van der Waals surface area contributed by atoms with Crippen LogP contribution in [-0.4, -0.2) is 18.8 Å². The molecule has 0 bridgehead atoms. The molecule has 3 rings (SSSR count). The summed E-state index contributed by atoms with van der Waals surface area (Å²) in [6.45, 7) is 1.11. The normalized spacial score (nSPS) is 12.9. The van der Waals surface area contributed by atoms with Crippen LogP contribution >= 0.6 is 27.7 Å². The molecule has 1 aromatic heterocycles. The third kappa shape index (κ3) is 3.11. The maximum atomic E-state index is 12.1. The molecular weight excluding hydrogens is 354 g/mol. The number of benzene rings is 1. The average Bonchev–Trinajstić information content (AvgIpc) is 3.12. The lowest BCUT2D eigenvalue weighted by Gasteiger charge is -2.09. The molecule has 2 aromatic rings. The summed E-state index contributed by atoms with van der Waals surface area (Å²) in [6, 6.07) is 7.51. The van der Waals surface area contributed by atoms with Gasteiger partial charge in [-0.3, -0.25) is 4.79 Å². The number of thioether (sulfide) groups is 1. The first kappa shape index (κ1) is 14.5. The van der Waals surface area contributed by atoms with Gasteiger partial charge in [-0.25, -0.2) is 0 Å². The van der Waals surface area contributed by atoms with E-state index in [1.165, 1.54) is 17.3 Å². The highest BCUT2D eigenvalue weighted by atomic mass is 79.9. The van der Waals surface area contributed by atoms with Crippen LogP contribution < -0.4 is 10.1 Å². The molecule has 1 aromatic carbocycles. The zero-order valence-corrected chi connectivity index (χ0v) is 13.8. The number of nitrogens with one attached hydrogen (secondary N) is 1. The number of carbonyl (C=O) groups excluding carboxylic acids is 1. The van der Waals surface area contributed by atoms with Gasteiger partial charge >= 0.3 is 0 Å². The minimum atomic E-state index is -0.220. The summed E-state index contributed by atoms with van der Waals surface area (Å²) in [6.07, 6.45) is 2.81. The summed E-state index contributed by atoms with van der Waals surface area (Å²) < 4.78 is 12.1. The van der Waals surface area contributed by atoms with Crippen molar-refractivity contribution in [1.82, 2.24) is 5.32 Å². The highest BCUT2D eigenvalue weighted by Gasteiger charge is 2.18. The molecule has 0 radical (unpaired) electrons. The molecule has 2 heterocycles. The lowest BCUT2D eigenvalue weighted by molar-refractivity contribution is 0.0918. The van der Waals surface area contributed by atoms with E-state index in [1.807, 2.05) is 12.3 Å². The Kier molecular flexibility index (Phi) is 4.26. The van der Waals surface area contributed by atoms with Crippen LogP contribution in [0.1, 0.15) is 21.7 Å². The van der Waals surface area contributed by atoms with Gasteiger partial charge in [0.2, 0.25) is 0 Å². The van der Waals surface area contributed by atoms with Gasteiger partial charge < -0.3 is 14.5 Å². The maximum Gasteiger partial charge on any atom is 0.287 e. The van der Waals surface area contributed by atoms with Gasteiger partial charge in [-0.2, -0.15) is 0 Å². The van der Waals surface area contributed by atoms with Crippen molar-refractivity contribution in [2.24, 2.45) is 0 Å². The van der Waals surface area contributed by atoms with E-state index >= 15 is 0 Å². The fraction of sp³-hybridized carbons (Fsp3) is 0.267. The van der Waals surface area contributed by atoms with Crippen molar-refractivity contribution >= 4 is 33.6 Å². The molecule has 0 aliphatic carbocycles.